The first kappa shape index (κ1) is 21.4. The van der Waals surface area contributed by atoms with Gasteiger partial charge in [0, 0.05) is 48.9 Å². The topological polar surface area (TPSA) is 66.6 Å². The van der Waals surface area contributed by atoms with Gasteiger partial charge in [-0.1, -0.05) is 54.8 Å². The van der Waals surface area contributed by atoms with Gasteiger partial charge in [0.25, 0.3) is 0 Å². The molecule has 1 aliphatic carbocycles. The Bertz CT molecular complexity index is 1340. The highest BCUT2D eigenvalue weighted by atomic mass is 35.5. The second-order valence-electron chi connectivity index (χ2n) is 9.30. The van der Waals surface area contributed by atoms with E-state index < -0.39 is 0 Å². The number of hydrogen-bond donors (Lipinski definition) is 0. The third-order valence-corrected chi connectivity index (χ3v) is 7.37. The van der Waals surface area contributed by atoms with Crippen LogP contribution in [0.2, 0.25) is 5.02 Å². The molecule has 0 spiro atoms. The molecule has 2 aliphatic rings. The average molecular weight is 475 g/mol. The first-order chi connectivity index (χ1) is 16.7. The van der Waals surface area contributed by atoms with Gasteiger partial charge in [0.1, 0.15) is 5.82 Å². The number of nitrogens with zero attached hydrogens (tertiary/aromatic N) is 6. The summed E-state index contributed by atoms with van der Waals surface area (Å²) in [6.45, 7) is 2.88. The Morgan fingerprint density at radius 2 is 1.74 bits per heavy atom. The zero-order valence-corrected chi connectivity index (χ0v) is 19.8. The van der Waals surface area contributed by atoms with Crippen LogP contribution in [0.25, 0.3) is 16.6 Å². The number of carbonyl (C=O) groups excluding carboxylic acids is 1. The van der Waals surface area contributed by atoms with Crippen LogP contribution in [0.15, 0.2) is 48.5 Å². The van der Waals surface area contributed by atoms with Crippen LogP contribution in [-0.4, -0.2) is 56.6 Å². The molecule has 0 radical (unpaired) electrons. The molecule has 7 nitrogen and oxygen atoms in total. The Kier molecular flexibility index (Phi) is 5.57. The molecule has 0 unspecified atom stereocenters. The average Bonchev–Trinajstić information content (AvgIpc) is 3.55. The number of benzene rings is 2. The van der Waals surface area contributed by atoms with Gasteiger partial charge in [-0.3, -0.25) is 4.79 Å². The summed E-state index contributed by atoms with van der Waals surface area (Å²) in [4.78, 5) is 22.3. The number of halogens is 1. The largest absolute Gasteiger partial charge is 0.339 e. The number of amides is 1. The van der Waals surface area contributed by atoms with E-state index in [0.717, 1.165) is 54.3 Å². The monoisotopic (exact) mass is 474 g/mol. The molecule has 34 heavy (non-hydrogen) atoms. The SMILES string of the molecule is O=C(C1CCCC1)N1CCN(c2nc3cc(Cl)ccc3c3nnc(Cc4ccccc4)n23)CC1. The van der Waals surface area contributed by atoms with E-state index in [1.54, 1.807) is 0 Å². The molecule has 174 valence electrons. The van der Waals surface area contributed by atoms with Crippen LogP contribution in [0.4, 0.5) is 5.95 Å². The van der Waals surface area contributed by atoms with E-state index >= 15 is 0 Å². The van der Waals surface area contributed by atoms with Crippen molar-refractivity contribution >= 4 is 40.0 Å². The Morgan fingerprint density at radius 3 is 2.50 bits per heavy atom. The van der Waals surface area contributed by atoms with Crippen molar-refractivity contribution in [2.45, 2.75) is 32.1 Å². The summed E-state index contributed by atoms with van der Waals surface area (Å²) in [6.07, 6.45) is 5.09. The summed E-state index contributed by atoms with van der Waals surface area (Å²) in [7, 11) is 0. The number of carbonyl (C=O) groups is 1. The van der Waals surface area contributed by atoms with Crippen LogP contribution in [0.3, 0.4) is 0 Å². The van der Waals surface area contributed by atoms with Gasteiger partial charge in [-0.2, -0.15) is 0 Å². The van der Waals surface area contributed by atoms with E-state index in [-0.39, 0.29) is 5.92 Å². The fourth-order valence-electron chi connectivity index (χ4n) is 5.31. The molecule has 1 saturated carbocycles. The summed E-state index contributed by atoms with van der Waals surface area (Å²) < 4.78 is 2.08. The van der Waals surface area contributed by atoms with Gasteiger partial charge in [0.15, 0.2) is 5.65 Å². The number of hydrogen-bond acceptors (Lipinski definition) is 5. The maximum atomic E-state index is 12.9. The van der Waals surface area contributed by atoms with Gasteiger partial charge < -0.3 is 9.80 Å². The van der Waals surface area contributed by atoms with Crippen molar-refractivity contribution in [3.8, 4) is 0 Å². The number of fused-ring (bicyclic) bond motifs is 3. The van der Waals surface area contributed by atoms with Gasteiger partial charge >= 0.3 is 0 Å². The molecule has 2 aromatic heterocycles. The summed E-state index contributed by atoms with van der Waals surface area (Å²) in [5.74, 6) is 2.21. The lowest BCUT2D eigenvalue weighted by molar-refractivity contribution is -0.135. The zero-order valence-electron chi connectivity index (χ0n) is 19.0. The van der Waals surface area contributed by atoms with Gasteiger partial charge in [0.05, 0.1) is 5.52 Å². The molecule has 1 amide bonds. The Balaban J connectivity index is 1.36. The molecule has 0 N–H and O–H groups in total. The number of rotatable bonds is 4. The first-order valence-corrected chi connectivity index (χ1v) is 12.5. The van der Waals surface area contributed by atoms with Crippen LogP contribution in [0, 0.1) is 5.92 Å². The minimum absolute atomic E-state index is 0.217. The lowest BCUT2D eigenvalue weighted by atomic mass is 10.1. The summed E-state index contributed by atoms with van der Waals surface area (Å²) in [5, 5.41) is 10.7. The fourth-order valence-corrected chi connectivity index (χ4v) is 5.47. The van der Waals surface area contributed by atoms with Crippen molar-refractivity contribution in [2.24, 2.45) is 5.92 Å². The van der Waals surface area contributed by atoms with E-state index in [4.69, 9.17) is 16.6 Å². The second kappa shape index (κ2) is 8.87. The normalized spacial score (nSPS) is 17.2. The van der Waals surface area contributed by atoms with Gasteiger partial charge in [-0.05, 0) is 36.6 Å². The lowest BCUT2D eigenvalue weighted by Gasteiger charge is -2.36. The quantitative estimate of drug-likeness (QED) is 0.439. The predicted octanol–water partition coefficient (Wildman–Crippen LogP) is 4.36. The van der Waals surface area contributed by atoms with E-state index in [2.05, 4.69) is 31.6 Å². The van der Waals surface area contributed by atoms with Crippen LogP contribution < -0.4 is 4.90 Å². The van der Waals surface area contributed by atoms with E-state index in [9.17, 15) is 4.79 Å². The smallest absolute Gasteiger partial charge is 0.225 e. The van der Waals surface area contributed by atoms with Crippen LogP contribution in [-0.2, 0) is 11.2 Å². The van der Waals surface area contributed by atoms with Crippen molar-refractivity contribution < 1.29 is 4.79 Å². The molecule has 0 atom stereocenters. The third-order valence-electron chi connectivity index (χ3n) is 7.13. The Labute approximate surface area is 203 Å². The minimum Gasteiger partial charge on any atom is -0.339 e. The number of aromatic nitrogens is 4. The second-order valence-corrected chi connectivity index (χ2v) is 9.74. The molecule has 0 bridgehead atoms. The van der Waals surface area contributed by atoms with Crippen LogP contribution in [0.5, 0.6) is 0 Å². The molecule has 6 rings (SSSR count). The molecule has 2 aromatic carbocycles. The Hall–Kier alpha value is -3.19. The summed E-state index contributed by atoms with van der Waals surface area (Å²) >= 11 is 6.30. The fraction of sp³-hybridized carbons (Fsp3) is 0.385. The first-order valence-electron chi connectivity index (χ1n) is 12.1. The van der Waals surface area contributed by atoms with Crippen molar-refractivity contribution in [1.29, 1.82) is 0 Å². The maximum Gasteiger partial charge on any atom is 0.225 e. The molecule has 3 heterocycles. The molecular weight excluding hydrogens is 448 g/mol. The highest BCUT2D eigenvalue weighted by molar-refractivity contribution is 6.31. The lowest BCUT2D eigenvalue weighted by Crippen LogP contribution is -2.50. The predicted molar refractivity (Wildman–Crippen MR) is 133 cm³/mol. The van der Waals surface area contributed by atoms with Crippen molar-refractivity contribution in [1.82, 2.24) is 24.5 Å². The van der Waals surface area contributed by atoms with Crippen LogP contribution in [0.1, 0.15) is 37.1 Å². The van der Waals surface area contributed by atoms with E-state index in [1.807, 2.05) is 41.3 Å². The molecular formula is C26H27ClN6O. The van der Waals surface area contributed by atoms with Crippen molar-refractivity contribution in [2.75, 3.05) is 31.1 Å². The third kappa shape index (κ3) is 3.88. The van der Waals surface area contributed by atoms with Gasteiger partial charge in [0.2, 0.25) is 11.9 Å². The van der Waals surface area contributed by atoms with E-state index in [1.165, 1.54) is 18.4 Å². The van der Waals surface area contributed by atoms with Gasteiger partial charge in [-0.25, -0.2) is 9.38 Å². The number of anilines is 1. The minimum atomic E-state index is 0.217. The molecule has 1 aliphatic heterocycles. The van der Waals surface area contributed by atoms with Crippen molar-refractivity contribution in [3.63, 3.8) is 0 Å². The number of piperazine rings is 1. The Morgan fingerprint density at radius 1 is 0.971 bits per heavy atom. The van der Waals surface area contributed by atoms with Crippen molar-refractivity contribution in [3.05, 3.63) is 64.9 Å². The highest BCUT2D eigenvalue weighted by Gasteiger charge is 2.30. The summed E-state index contributed by atoms with van der Waals surface area (Å²) in [5.41, 5.74) is 2.76. The highest BCUT2D eigenvalue weighted by Crippen LogP contribution is 2.29. The molecule has 2 fully saturated rings. The maximum absolute atomic E-state index is 12.9. The molecule has 1 saturated heterocycles. The molecule has 8 heteroatoms. The zero-order chi connectivity index (χ0) is 23.1. The summed E-state index contributed by atoms with van der Waals surface area (Å²) in [6, 6.07) is 16.0. The standard InChI is InChI=1S/C26H27ClN6O/c27-20-10-11-21-22(17-20)28-26(32-14-12-31(13-15-32)25(34)19-8-4-5-9-19)33-23(29-30-24(21)33)16-18-6-2-1-3-7-18/h1-3,6-7,10-11,17,19H,4-5,8-9,12-16H2. The molecule has 4 aromatic rings. The van der Waals surface area contributed by atoms with Gasteiger partial charge in [-0.15, -0.1) is 10.2 Å². The van der Waals surface area contributed by atoms with E-state index in [0.29, 0.717) is 30.4 Å². The van der Waals surface area contributed by atoms with Crippen LogP contribution >= 0.6 is 11.6 Å².